The van der Waals surface area contributed by atoms with Gasteiger partial charge in [-0.3, -0.25) is 15.3 Å². The molecule has 0 radical (unpaired) electrons. The van der Waals surface area contributed by atoms with E-state index >= 15 is 0 Å². The third kappa shape index (κ3) is 1.88. The van der Waals surface area contributed by atoms with Crippen LogP contribution in [0.25, 0.3) is 0 Å². The van der Waals surface area contributed by atoms with Crippen LogP contribution in [0.4, 0.5) is 11.4 Å². The smallest absolute Gasteiger partial charge is 0.315 e. The summed E-state index contributed by atoms with van der Waals surface area (Å²) in [4.78, 5) is 13.8. The maximum Gasteiger partial charge on any atom is 0.315 e. The number of nitro benzene ring substituents is 1. The highest BCUT2D eigenvalue weighted by Crippen LogP contribution is 2.30. The standard InChI is InChI=1S/C6H6N3O5/c7-14-6-2-1-4(8(10)11)3-5(6)9(12)13/h1-3,10H,7H2/q-1. The van der Waals surface area contributed by atoms with Gasteiger partial charge in [0, 0.05) is 6.07 Å². The molecular formula is C6H6N3O5-. The van der Waals surface area contributed by atoms with Gasteiger partial charge >= 0.3 is 5.69 Å². The van der Waals surface area contributed by atoms with Gasteiger partial charge in [0.15, 0.2) is 0 Å². The van der Waals surface area contributed by atoms with Gasteiger partial charge in [0.2, 0.25) is 5.75 Å². The average molecular weight is 200 g/mol. The Balaban J connectivity index is 3.21. The Morgan fingerprint density at radius 3 is 2.64 bits per heavy atom. The maximum absolute atomic E-state index is 10.4. The second kappa shape index (κ2) is 3.87. The maximum atomic E-state index is 10.4. The molecule has 1 rings (SSSR count). The summed E-state index contributed by atoms with van der Waals surface area (Å²) in [6.45, 7) is 0. The van der Waals surface area contributed by atoms with Crippen LogP contribution in [0.2, 0.25) is 0 Å². The molecule has 0 heterocycles. The van der Waals surface area contributed by atoms with Gasteiger partial charge in [-0.05, 0) is 12.1 Å². The largest absolute Gasteiger partial charge is 0.733 e. The lowest BCUT2D eigenvalue weighted by Gasteiger charge is -2.21. The number of nitrogens with zero attached hydrogens (tertiary/aromatic N) is 2. The van der Waals surface area contributed by atoms with E-state index in [9.17, 15) is 15.3 Å². The van der Waals surface area contributed by atoms with E-state index in [0.29, 0.717) is 0 Å². The van der Waals surface area contributed by atoms with Crippen LogP contribution in [0.1, 0.15) is 0 Å². The van der Waals surface area contributed by atoms with Crippen LogP contribution in [0.5, 0.6) is 5.75 Å². The van der Waals surface area contributed by atoms with Crippen LogP contribution >= 0.6 is 0 Å². The van der Waals surface area contributed by atoms with E-state index in [1.54, 1.807) is 0 Å². The fourth-order valence-electron chi connectivity index (χ4n) is 0.867. The second-order valence-corrected chi connectivity index (χ2v) is 2.30. The lowest BCUT2D eigenvalue weighted by molar-refractivity contribution is -0.385. The zero-order valence-corrected chi connectivity index (χ0v) is 6.78. The molecule has 14 heavy (non-hydrogen) atoms. The monoisotopic (exact) mass is 200 g/mol. The molecule has 1 aromatic carbocycles. The average Bonchev–Trinajstić information content (AvgIpc) is 2.16. The molecule has 0 unspecified atom stereocenters. The third-order valence-electron chi connectivity index (χ3n) is 1.49. The van der Waals surface area contributed by atoms with Gasteiger partial charge in [-0.2, -0.15) is 5.90 Å². The van der Waals surface area contributed by atoms with E-state index in [-0.39, 0.29) is 11.4 Å². The number of nitro groups is 1. The molecular weight excluding hydrogens is 194 g/mol. The highest BCUT2D eigenvalue weighted by atomic mass is 16.8. The van der Waals surface area contributed by atoms with Crippen molar-refractivity contribution in [2.45, 2.75) is 0 Å². The van der Waals surface area contributed by atoms with Gasteiger partial charge in [-0.15, -0.1) is 0 Å². The number of hydrogen-bond donors (Lipinski definition) is 2. The van der Waals surface area contributed by atoms with Crippen LogP contribution in [0.3, 0.4) is 0 Å². The fourth-order valence-corrected chi connectivity index (χ4v) is 0.867. The van der Waals surface area contributed by atoms with Crippen LogP contribution in [-0.2, 0) is 0 Å². The molecule has 8 nitrogen and oxygen atoms in total. The normalized spacial score (nSPS) is 9.64. The lowest BCUT2D eigenvalue weighted by atomic mass is 10.2. The minimum absolute atomic E-state index is 0.194. The molecule has 0 saturated heterocycles. The summed E-state index contributed by atoms with van der Waals surface area (Å²) in [6, 6.07) is 3.08. The van der Waals surface area contributed by atoms with Gasteiger partial charge in [0.1, 0.15) is 0 Å². The lowest BCUT2D eigenvalue weighted by Crippen LogP contribution is -2.09. The summed E-state index contributed by atoms with van der Waals surface area (Å²) in [7, 11) is 0. The Hall–Kier alpha value is -1.90. The predicted molar refractivity (Wildman–Crippen MR) is 45.5 cm³/mol. The van der Waals surface area contributed by atoms with Crippen molar-refractivity contribution in [3.05, 3.63) is 33.5 Å². The van der Waals surface area contributed by atoms with E-state index in [1.807, 2.05) is 0 Å². The van der Waals surface area contributed by atoms with Crippen molar-refractivity contribution in [1.82, 2.24) is 0 Å². The predicted octanol–water partition coefficient (Wildman–Crippen LogP) is 0.541. The molecule has 8 heteroatoms. The van der Waals surface area contributed by atoms with Gasteiger partial charge in [-0.25, -0.2) is 0 Å². The third-order valence-corrected chi connectivity index (χ3v) is 1.49. The highest BCUT2D eigenvalue weighted by Gasteiger charge is 2.15. The summed E-state index contributed by atoms with van der Waals surface area (Å²) < 4.78 is 0. The van der Waals surface area contributed by atoms with E-state index in [0.717, 1.165) is 18.2 Å². The molecule has 0 aromatic heterocycles. The SMILES string of the molecule is NOc1ccc(N([O-])O)cc1[N+](=O)[O-]. The summed E-state index contributed by atoms with van der Waals surface area (Å²) >= 11 is 0. The molecule has 0 aliphatic heterocycles. The van der Waals surface area contributed by atoms with Crippen molar-refractivity contribution in [3.8, 4) is 5.75 Å². The molecule has 76 valence electrons. The van der Waals surface area contributed by atoms with Crippen molar-refractivity contribution < 1.29 is 15.0 Å². The molecule has 0 atom stereocenters. The number of hydrogen-bond acceptors (Lipinski definition) is 7. The number of benzene rings is 1. The molecule has 0 spiro atoms. The quantitative estimate of drug-likeness (QED) is 0.538. The summed E-state index contributed by atoms with van der Waals surface area (Å²) in [5.74, 6) is 4.56. The first-order chi connectivity index (χ1) is 6.56. The van der Waals surface area contributed by atoms with Crippen molar-refractivity contribution in [1.29, 1.82) is 0 Å². The van der Waals surface area contributed by atoms with E-state index in [1.165, 1.54) is 0 Å². The van der Waals surface area contributed by atoms with E-state index < -0.39 is 15.8 Å². The fraction of sp³-hybridized carbons (Fsp3) is 0. The molecule has 0 fully saturated rings. The minimum Gasteiger partial charge on any atom is -0.733 e. The minimum atomic E-state index is -0.783. The van der Waals surface area contributed by atoms with Gasteiger partial charge in [0.05, 0.1) is 10.6 Å². The molecule has 0 amide bonds. The van der Waals surface area contributed by atoms with Crippen molar-refractivity contribution >= 4 is 11.4 Å². The van der Waals surface area contributed by atoms with E-state index in [4.69, 9.17) is 11.1 Å². The summed E-state index contributed by atoms with van der Waals surface area (Å²) in [6.07, 6.45) is 0. The van der Waals surface area contributed by atoms with Gasteiger partial charge in [0.25, 0.3) is 0 Å². The number of rotatable bonds is 3. The first-order valence-corrected chi connectivity index (χ1v) is 3.37. The number of nitrogens with two attached hydrogens (primary N) is 1. The Bertz CT molecular complexity index is 353. The molecule has 0 aliphatic rings. The van der Waals surface area contributed by atoms with Gasteiger partial charge < -0.3 is 15.3 Å². The van der Waals surface area contributed by atoms with Gasteiger partial charge in [-0.1, -0.05) is 0 Å². The number of anilines is 1. The zero-order valence-electron chi connectivity index (χ0n) is 6.78. The molecule has 3 N–H and O–H groups in total. The van der Waals surface area contributed by atoms with Crippen LogP contribution in [-0.4, -0.2) is 10.1 Å². The van der Waals surface area contributed by atoms with Crippen LogP contribution in [0, 0.1) is 15.3 Å². The van der Waals surface area contributed by atoms with Crippen molar-refractivity contribution in [3.63, 3.8) is 0 Å². The molecule has 1 aromatic rings. The molecule has 0 bridgehead atoms. The summed E-state index contributed by atoms with van der Waals surface area (Å²) in [5, 5.41) is 28.8. The zero-order chi connectivity index (χ0) is 10.7. The van der Waals surface area contributed by atoms with Crippen molar-refractivity contribution in [2.24, 2.45) is 5.90 Å². The first-order valence-electron chi connectivity index (χ1n) is 3.37. The highest BCUT2D eigenvalue weighted by molar-refractivity contribution is 5.58. The topological polar surface area (TPSA) is 125 Å². The Morgan fingerprint density at radius 1 is 1.57 bits per heavy atom. The first kappa shape index (κ1) is 10.2. The molecule has 0 saturated carbocycles. The van der Waals surface area contributed by atoms with Crippen molar-refractivity contribution in [2.75, 3.05) is 5.23 Å². The van der Waals surface area contributed by atoms with E-state index in [2.05, 4.69) is 4.84 Å². The Labute approximate surface area is 77.7 Å². The second-order valence-electron chi connectivity index (χ2n) is 2.30. The van der Waals surface area contributed by atoms with Crippen LogP contribution in [0.15, 0.2) is 18.2 Å². The molecule has 0 aliphatic carbocycles. The Morgan fingerprint density at radius 2 is 2.21 bits per heavy atom. The Kier molecular flexibility index (Phi) is 2.82. The van der Waals surface area contributed by atoms with Crippen LogP contribution < -0.4 is 16.0 Å². The summed E-state index contributed by atoms with van der Waals surface area (Å²) in [5.41, 5.74) is -0.780.